The van der Waals surface area contributed by atoms with Crippen LogP contribution in [0.3, 0.4) is 0 Å². The Hall–Kier alpha value is -1.82. The summed E-state index contributed by atoms with van der Waals surface area (Å²) >= 11 is 0. The van der Waals surface area contributed by atoms with E-state index < -0.39 is 0 Å². The molecule has 6 heteroatoms. The summed E-state index contributed by atoms with van der Waals surface area (Å²) in [6, 6.07) is 3.21. The minimum absolute atomic E-state index is 0.0162. The fourth-order valence-corrected chi connectivity index (χ4v) is 2.32. The Bertz CT molecular complexity index is 472. The number of amides is 2. The second kappa shape index (κ2) is 6.09. The van der Waals surface area contributed by atoms with E-state index in [1.807, 2.05) is 6.92 Å². The van der Waals surface area contributed by atoms with Crippen LogP contribution in [0.25, 0.3) is 0 Å². The van der Waals surface area contributed by atoms with Crippen molar-refractivity contribution in [2.45, 2.75) is 19.4 Å². The molecule has 0 bridgehead atoms. The lowest BCUT2D eigenvalue weighted by Gasteiger charge is -2.35. The Labute approximate surface area is 118 Å². The number of rotatable bonds is 3. The van der Waals surface area contributed by atoms with Crippen LogP contribution in [0.15, 0.2) is 22.8 Å². The summed E-state index contributed by atoms with van der Waals surface area (Å²) in [7, 11) is 1.57. The van der Waals surface area contributed by atoms with Crippen molar-refractivity contribution in [3.63, 3.8) is 0 Å². The number of nitrogens with zero attached hydrogens (tertiary/aromatic N) is 2. The summed E-state index contributed by atoms with van der Waals surface area (Å²) in [5.41, 5.74) is 0. The van der Waals surface area contributed by atoms with Gasteiger partial charge in [0.25, 0.3) is 5.91 Å². The Morgan fingerprint density at radius 3 is 2.90 bits per heavy atom. The van der Waals surface area contributed by atoms with Gasteiger partial charge >= 0.3 is 0 Å². The summed E-state index contributed by atoms with van der Waals surface area (Å²) < 4.78 is 5.03. The van der Waals surface area contributed by atoms with Crippen molar-refractivity contribution >= 4 is 11.8 Å². The van der Waals surface area contributed by atoms with Crippen molar-refractivity contribution in [2.75, 3.05) is 26.7 Å². The van der Waals surface area contributed by atoms with E-state index in [1.165, 1.54) is 11.2 Å². The molecule has 20 heavy (non-hydrogen) atoms. The summed E-state index contributed by atoms with van der Waals surface area (Å²) in [4.78, 5) is 27.2. The van der Waals surface area contributed by atoms with Gasteiger partial charge in [-0.25, -0.2) is 0 Å². The number of furan rings is 1. The monoisotopic (exact) mass is 280 g/mol. The lowest BCUT2D eigenvalue weighted by molar-refractivity contribution is -0.135. The molecular formula is C14H20N2O4. The Kier molecular flexibility index (Phi) is 4.44. The molecule has 2 unspecified atom stereocenters. The van der Waals surface area contributed by atoms with Gasteiger partial charge in [-0.1, -0.05) is 6.92 Å². The first-order valence-electron chi connectivity index (χ1n) is 6.74. The van der Waals surface area contributed by atoms with E-state index >= 15 is 0 Å². The van der Waals surface area contributed by atoms with E-state index in [1.54, 1.807) is 24.1 Å². The quantitative estimate of drug-likeness (QED) is 0.879. The Morgan fingerprint density at radius 2 is 2.30 bits per heavy atom. The molecule has 1 aliphatic heterocycles. The number of carbonyl (C=O) groups is 2. The highest BCUT2D eigenvalue weighted by molar-refractivity contribution is 5.94. The number of carbonyl (C=O) groups excluding carboxylic acids is 2. The Morgan fingerprint density at radius 1 is 1.55 bits per heavy atom. The molecule has 1 aromatic heterocycles. The van der Waals surface area contributed by atoms with Crippen molar-refractivity contribution in [3.8, 4) is 0 Å². The zero-order valence-electron chi connectivity index (χ0n) is 11.8. The largest absolute Gasteiger partial charge is 0.459 e. The molecule has 2 amide bonds. The number of hydrogen-bond donors (Lipinski definition) is 1. The minimum atomic E-state index is -0.346. The van der Waals surface area contributed by atoms with Crippen LogP contribution >= 0.6 is 0 Å². The van der Waals surface area contributed by atoms with E-state index in [0.717, 1.165) is 0 Å². The third-order valence-electron chi connectivity index (χ3n) is 3.66. The lowest BCUT2D eigenvalue weighted by atomic mass is 9.97. The molecule has 0 aliphatic carbocycles. The first kappa shape index (κ1) is 14.6. The third kappa shape index (κ3) is 3.19. The van der Waals surface area contributed by atoms with Crippen LogP contribution in [-0.4, -0.2) is 59.5 Å². The molecule has 1 saturated heterocycles. The molecule has 1 aliphatic rings. The number of aliphatic hydroxyl groups excluding tert-OH is 1. The predicted octanol–water partition coefficient (Wildman–Crippen LogP) is 0.581. The van der Waals surface area contributed by atoms with Crippen molar-refractivity contribution in [2.24, 2.45) is 5.92 Å². The zero-order valence-corrected chi connectivity index (χ0v) is 11.8. The predicted molar refractivity (Wildman–Crippen MR) is 72.0 cm³/mol. The summed E-state index contributed by atoms with van der Waals surface area (Å²) in [6.07, 6.45) is 1.67. The average Bonchev–Trinajstić information content (AvgIpc) is 2.94. The number of piperidine rings is 1. The van der Waals surface area contributed by atoms with Crippen LogP contribution in [0.5, 0.6) is 0 Å². The highest BCUT2D eigenvalue weighted by Crippen LogP contribution is 2.16. The molecule has 6 nitrogen and oxygen atoms in total. The fraction of sp³-hybridized carbons (Fsp3) is 0.571. The molecular weight excluding hydrogens is 260 g/mol. The topological polar surface area (TPSA) is 74.0 Å². The Balaban J connectivity index is 1.89. The van der Waals surface area contributed by atoms with Crippen LogP contribution in [0, 0.1) is 5.92 Å². The van der Waals surface area contributed by atoms with Gasteiger partial charge in [0, 0.05) is 20.1 Å². The van der Waals surface area contributed by atoms with Gasteiger partial charge in [-0.3, -0.25) is 9.59 Å². The van der Waals surface area contributed by atoms with E-state index in [4.69, 9.17) is 4.42 Å². The molecule has 0 radical (unpaired) electrons. The molecule has 2 rings (SSSR count). The van der Waals surface area contributed by atoms with Crippen molar-refractivity contribution < 1.29 is 19.1 Å². The van der Waals surface area contributed by atoms with Crippen LogP contribution in [0.2, 0.25) is 0 Å². The first-order valence-corrected chi connectivity index (χ1v) is 6.74. The van der Waals surface area contributed by atoms with Gasteiger partial charge in [0.15, 0.2) is 5.76 Å². The maximum absolute atomic E-state index is 12.2. The average molecular weight is 280 g/mol. The third-order valence-corrected chi connectivity index (χ3v) is 3.66. The maximum Gasteiger partial charge on any atom is 0.289 e. The van der Waals surface area contributed by atoms with Gasteiger partial charge < -0.3 is 19.3 Å². The van der Waals surface area contributed by atoms with Crippen molar-refractivity contribution in [1.29, 1.82) is 0 Å². The van der Waals surface area contributed by atoms with Gasteiger partial charge in [-0.15, -0.1) is 0 Å². The van der Waals surface area contributed by atoms with Crippen LogP contribution in [-0.2, 0) is 4.79 Å². The highest BCUT2D eigenvalue weighted by atomic mass is 16.3. The first-order chi connectivity index (χ1) is 9.49. The van der Waals surface area contributed by atoms with Gasteiger partial charge in [-0.2, -0.15) is 0 Å². The van der Waals surface area contributed by atoms with Crippen LogP contribution < -0.4 is 0 Å². The second-order valence-electron chi connectivity index (χ2n) is 5.31. The zero-order chi connectivity index (χ0) is 14.7. The van der Waals surface area contributed by atoms with Gasteiger partial charge in [0.05, 0.1) is 18.9 Å². The molecule has 1 N–H and O–H groups in total. The van der Waals surface area contributed by atoms with Gasteiger partial charge in [0.2, 0.25) is 5.91 Å². The van der Waals surface area contributed by atoms with Crippen molar-refractivity contribution in [3.05, 3.63) is 24.2 Å². The fourth-order valence-electron chi connectivity index (χ4n) is 2.32. The molecule has 1 fully saturated rings. The highest BCUT2D eigenvalue weighted by Gasteiger charge is 2.28. The molecule has 0 saturated carbocycles. The smallest absolute Gasteiger partial charge is 0.289 e. The van der Waals surface area contributed by atoms with E-state index in [0.29, 0.717) is 19.5 Å². The molecule has 2 heterocycles. The summed E-state index contributed by atoms with van der Waals surface area (Å²) in [6.45, 7) is 3.00. The number of likely N-dealkylation sites (tertiary alicyclic amines) is 1. The summed E-state index contributed by atoms with van der Waals surface area (Å²) in [5, 5.41) is 9.66. The second-order valence-corrected chi connectivity index (χ2v) is 5.31. The SMILES string of the molecule is CC1CN(C(=O)CN(C)C(=O)c2ccco2)CCC1O. The molecule has 2 atom stereocenters. The van der Waals surface area contributed by atoms with Crippen LogP contribution in [0.4, 0.5) is 0 Å². The van der Waals surface area contributed by atoms with E-state index in [2.05, 4.69) is 0 Å². The maximum atomic E-state index is 12.2. The lowest BCUT2D eigenvalue weighted by Crippen LogP contribution is -2.48. The van der Waals surface area contributed by atoms with E-state index in [-0.39, 0.29) is 36.1 Å². The number of likely N-dealkylation sites (N-methyl/N-ethyl adjacent to an activating group) is 1. The normalized spacial score (nSPS) is 22.6. The number of hydrogen-bond acceptors (Lipinski definition) is 4. The van der Waals surface area contributed by atoms with Gasteiger partial charge in [-0.05, 0) is 24.5 Å². The molecule has 0 aromatic carbocycles. The van der Waals surface area contributed by atoms with Crippen molar-refractivity contribution in [1.82, 2.24) is 9.80 Å². The molecule has 0 spiro atoms. The standard InChI is InChI=1S/C14H20N2O4/c1-10-8-16(6-5-11(10)17)13(18)9-15(2)14(19)12-4-3-7-20-12/h3-4,7,10-11,17H,5-6,8-9H2,1-2H3. The van der Waals surface area contributed by atoms with Gasteiger partial charge in [0.1, 0.15) is 0 Å². The van der Waals surface area contributed by atoms with Crippen LogP contribution in [0.1, 0.15) is 23.9 Å². The molecule has 1 aromatic rings. The summed E-state index contributed by atoms with van der Waals surface area (Å²) in [5.74, 6) is -0.124. The minimum Gasteiger partial charge on any atom is -0.459 e. The van der Waals surface area contributed by atoms with E-state index in [9.17, 15) is 14.7 Å². The molecule has 110 valence electrons. The number of aliphatic hydroxyl groups is 1.